The molecular formula is C20H33N3O2. The molecule has 0 aromatic heterocycles. The summed E-state index contributed by atoms with van der Waals surface area (Å²) in [5.41, 5.74) is 1.34. The van der Waals surface area contributed by atoms with Gasteiger partial charge < -0.3 is 14.7 Å². The van der Waals surface area contributed by atoms with E-state index in [-0.39, 0.29) is 18.3 Å². The molecule has 0 radical (unpaired) electrons. The molecule has 0 amide bonds. The molecule has 1 aromatic rings. The second-order valence-corrected chi connectivity index (χ2v) is 7.81. The van der Waals surface area contributed by atoms with Crippen LogP contribution in [0.15, 0.2) is 30.3 Å². The zero-order valence-corrected chi connectivity index (χ0v) is 15.8. The number of aliphatic hydroxyl groups excluding tert-OH is 1. The average Bonchev–Trinajstić information content (AvgIpc) is 2.56. The van der Waals surface area contributed by atoms with Crippen molar-refractivity contribution in [1.29, 1.82) is 0 Å². The quantitative estimate of drug-likeness (QED) is 0.873. The highest BCUT2D eigenvalue weighted by Crippen LogP contribution is 2.25. The van der Waals surface area contributed by atoms with E-state index in [0.717, 1.165) is 45.8 Å². The Morgan fingerprint density at radius 3 is 2.40 bits per heavy atom. The van der Waals surface area contributed by atoms with Crippen molar-refractivity contribution in [2.24, 2.45) is 0 Å². The third-order valence-corrected chi connectivity index (χ3v) is 5.29. The molecule has 140 valence electrons. The van der Waals surface area contributed by atoms with Crippen LogP contribution in [0.4, 0.5) is 0 Å². The lowest BCUT2D eigenvalue weighted by Crippen LogP contribution is -2.52. The van der Waals surface area contributed by atoms with Crippen molar-refractivity contribution in [3.05, 3.63) is 35.9 Å². The van der Waals surface area contributed by atoms with Crippen molar-refractivity contribution in [3.63, 3.8) is 0 Å². The molecule has 2 saturated heterocycles. The number of benzene rings is 1. The van der Waals surface area contributed by atoms with Crippen LogP contribution in [0.2, 0.25) is 0 Å². The van der Waals surface area contributed by atoms with E-state index in [1.807, 2.05) is 0 Å². The van der Waals surface area contributed by atoms with Crippen molar-refractivity contribution in [3.8, 4) is 0 Å². The minimum absolute atomic E-state index is 0.247. The van der Waals surface area contributed by atoms with Gasteiger partial charge in [-0.1, -0.05) is 30.3 Å². The first kappa shape index (κ1) is 18.8. The topological polar surface area (TPSA) is 39.2 Å². The maximum absolute atomic E-state index is 10.7. The van der Waals surface area contributed by atoms with Crippen LogP contribution >= 0.6 is 0 Å². The molecule has 3 rings (SSSR count). The SMILES string of the molecule is C[C@@H]1CN(C[C@H](O)CN2CCN(C)C[C@H]2c2ccccc2)C[C@@H](C)O1. The minimum atomic E-state index is -0.327. The van der Waals surface area contributed by atoms with Gasteiger partial charge in [0.15, 0.2) is 0 Å². The molecule has 5 heteroatoms. The molecule has 2 aliphatic rings. The van der Waals surface area contributed by atoms with Crippen LogP contribution in [-0.2, 0) is 4.74 Å². The molecule has 0 bridgehead atoms. The highest BCUT2D eigenvalue weighted by atomic mass is 16.5. The molecule has 2 fully saturated rings. The summed E-state index contributed by atoms with van der Waals surface area (Å²) < 4.78 is 5.80. The van der Waals surface area contributed by atoms with Crippen molar-refractivity contribution in [2.75, 3.05) is 52.9 Å². The fraction of sp³-hybridized carbons (Fsp3) is 0.700. The summed E-state index contributed by atoms with van der Waals surface area (Å²) in [6, 6.07) is 11.0. The molecule has 2 heterocycles. The van der Waals surface area contributed by atoms with E-state index >= 15 is 0 Å². The van der Waals surface area contributed by atoms with E-state index in [0.29, 0.717) is 6.04 Å². The number of aliphatic hydroxyl groups is 1. The number of nitrogens with zero attached hydrogens (tertiary/aromatic N) is 3. The molecule has 1 N–H and O–H groups in total. The Morgan fingerprint density at radius 2 is 1.72 bits per heavy atom. The van der Waals surface area contributed by atoms with Gasteiger partial charge in [-0.2, -0.15) is 0 Å². The van der Waals surface area contributed by atoms with E-state index in [2.05, 4.69) is 65.9 Å². The summed E-state index contributed by atoms with van der Waals surface area (Å²) in [7, 11) is 2.18. The fourth-order valence-electron chi connectivity index (χ4n) is 4.23. The second-order valence-electron chi connectivity index (χ2n) is 7.81. The number of rotatable bonds is 5. The van der Waals surface area contributed by atoms with E-state index in [1.54, 1.807) is 0 Å². The Balaban J connectivity index is 1.59. The summed E-state index contributed by atoms with van der Waals surface area (Å²) in [5.74, 6) is 0. The lowest BCUT2D eigenvalue weighted by molar-refractivity contribution is -0.0795. The predicted octanol–water partition coefficient (Wildman–Crippen LogP) is 1.45. The Labute approximate surface area is 152 Å². The maximum Gasteiger partial charge on any atom is 0.0794 e. The fourth-order valence-corrected chi connectivity index (χ4v) is 4.23. The molecule has 2 aliphatic heterocycles. The monoisotopic (exact) mass is 347 g/mol. The van der Waals surface area contributed by atoms with E-state index in [4.69, 9.17) is 4.74 Å². The summed E-state index contributed by atoms with van der Waals surface area (Å²) in [4.78, 5) is 7.18. The van der Waals surface area contributed by atoms with Gasteiger partial charge in [0.2, 0.25) is 0 Å². The van der Waals surface area contributed by atoms with Crippen LogP contribution in [0, 0.1) is 0 Å². The van der Waals surface area contributed by atoms with Crippen molar-refractivity contribution < 1.29 is 9.84 Å². The summed E-state index contributed by atoms with van der Waals surface area (Å²) in [6.07, 6.45) is 0.167. The summed E-state index contributed by atoms with van der Waals surface area (Å²) in [6.45, 7) is 10.6. The smallest absolute Gasteiger partial charge is 0.0794 e. The number of hydrogen-bond donors (Lipinski definition) is 1. The summed E-state index contributed by atoms with van der Waals surface area (Å²) in [5, 5.41) is 10.7. The minimum Gasteiger partial charge on any atom is -0.390 e. The molecule has 0 saturated carbocycles. The highest BCUT2D eigenvalue weighted by molar-refractivity contribution is 5.20. The van der Waals surface area contributed by atoms with Gasteiger partial charge in [-0.15, -0.1) is 0 Å². The second kappa shape index (κ2) is 8.60. The standard InChI is InChI=1S/C20H33N3O2/c1-16-11-22(12-17(2)25-16)13-19(24)14-23-10-9-21(3)15-20(23)18-7-5-4-6-8-18/h4-8,16-17,19-20,24H,9-15H2,1-3H3/t16-,17-,19+,20+/m1/s1. The average molecular weight is 348 g/mol. The van der Waals surface area contributed by atoms with Crippen molar-refractivity contribution in [1.82, 2.24) is 14.7 Å². The van der Waals surface area contributed by atoms with Gasteiger partial charge >= 0.3 is 0 Å². The Kier molecular flexibility index (Phi) is 6.47. The zero-order chi connectivity index (χ0) is 17.8. The molecule has 4 atom stereocenters. The molecule has 0 spiro atoms. The van der Waals surface area contributed by atoms with Crippen LogP contribution in [0.1, 0.15) is 25.5 Å². The number of piperazine rings is 1. The Morgan fingerprint density at radius 1 is 1.04 bits per heavy atom. The number of ether oxygens (including phenoxy) is 1. The maximum atomic E-state index is 10.7. The van der Waals surface area contributed by atoms with Crippen LogP contribution in [-0.4, -0.2) is 91.0 Å². The van der Waals surface area contributed by atoms with Gasteiger partial charge in [-0.05, 0) is 26.5 Å². The normalized spacial score (nSPS) is 31.1. The van der Waals surface area contributed by atoms with Gasteiger partial charge in [0.05, 0.1) is 18.3 Å². The molecule has 1 aromatic carbocycles. The van der Waals surface area contributed by atoms with E-state index in [1.165, 1.54) is 5.56 Å². The lowest BCUT2D eigenvalue weighted by atomic mass is 10.0. The van der Waals surface area contributed by atoms with Gasteiger partial charge in [-0.3, -0.25) is 9.80 Å². The van der Waals surface area contributed by atoms with E-state index < -0.39 is 0 Å². The first-order chi connectivity index (χ1) is 12.0. The number of hydrogen-bond acceptors (Lipinski definition) is 5. The van der Waals surface area contributed by atoms with Gasteiger partial charge in [-0.25, -0.2) is 0 Å². The number of morpholine rings is 1. The number of β-amino-alcohol motifs (C(OH)–C–C–N with tert-alkyl or cyclic N) is 1. The molecule has 0 unspecified atom stereocenters. The molecule has 0 aliphatic carbocycles. The van der Waals surface area contributed by atoms with Crippen LogP contribution in [0.3, 0.4) is 0 Å². The Bertz CT molecular complexity index is 517. The van der Waals surface area contributed by atoms with Gasteiger partial charge in [0.1, 0.15) is 0 Å². The van der Waals surface area contributed by atoms with E-state index in [9.17, 15) is 5.11 Å². The van der Waals surface area contributed by atoms with Crippen molar-refractivity contribution in [2.45, 2.75) is 38.2 Å². The first-order valence-electron chi connectivity index (χ1n) is 9.54. The van der Waals surface area contributed by atoms with Crippen LogP contribution in [0.25, 0.3) is 0 Å². The first-order valence-corrected chi connectivity index (χ1v) is 9.54. The predicted molar refractivity (Wildman–Crippen MR) is 101 cm³/mol. The lowest BCUT2D eigenvalue weighted by Gasteiger charge is -2.42. The Hall–Kier alpha value is -0.980. The highest BCUT2D eigenvalue weighted by Gasteiger charge is 2.29. The molecular weight excluding hydrogens is 314 g/mol. The third kappa shape index (κ3) is 5.25. The van der Waals surface area contributed by atoms with Gasteiger partial charge in [0, 0.05) is 51.9 Å². The molecule has 25 heavy (non-hydrogen) atoms. The van der Waals surface area contributed by atoms with Crippen molar-refractivity contribution >= 4 is 0 Å². The third-order valence-electron chi connectivity index (χ3n) is 5.29. The number of likely N-dealkylation sites (N-methyl/N-ethyl adjacent to an activating group) is 1. The largest absolute Gasteiger partial charge is 0.390 e. The molecule has 5 nitrogen and oxygen atoms in total. The summed E-state index contributed by atoms with van der Waals surface area (Å²) >= 11 is 0. The van der Waals surface area contributed by atoms with Crippen LogP contribution in [0.5, 0.6) is 0 Å². The van der Waals surface area contributed by atoms with Gasteiger partial charge in [0.25, 0.3) is 0 Å². The zero-order valence-electron chi connectivity index (χ0n) is 15.8. The van der Waals surface area contributed by atoms with Crippen LogP contribution < -0.4 is 0 Å².